The predicted molar refractivity (Wildman–Crippen MR) is 113 cm³/mol. The number of hydrogen-bond acceptors (Lipinski definition) is 6. The summed E-state index contributed by atoms with van der Waals surface area (Å²) in [6.07, 6.45) is 1.04. The van der Waals surface area contributed by atoms with Gasteiger partial charge in [0.1, 0.15) is 0 Å². The minimum Gasteiger partial charge on any atom is -0.346 e. The molecule has 0 aliphatic heterocycles. The smallest absolute Gasteiger partial charge is 0.246 e. The molecule has 0 atom stereocenters. The molecule has 2 aromatic carbocycles. The van der Waals surface area contributed by atoms with Gasteiger partial charge in [-0.2, -0.15) is 9.29 Å². The third-order valence-corrected chi connectivity index (χ3v) is 5.92. The molecule has 0 aliphatic carbocycles. The van der Waals surface area contributed by atoms with E-state index < -0.39 is 15.9 Å². The first kappa shape index (κ1) is 22.2. The van der Waals surface area contributed by atoms with Crippen molar-refractivity contribution in [1.82, 2.24) is 19.8 Å². The Bertz CT molecular complexity index is 1130. The van der Waals surface area contributed by atoms with Crippen LogP contribution in [-0.4, -0.2) is 41.6 Å². The molecule has 1 heterocycles. The second-order valence-electron chi connectivity index (χ2n) is 6.42. The summed E-state index contributed by atoms with van der Waals surface area (Å²) in [4.78, 5) is 16.5. The molecule has 0 spiro atoms. The topological polar surface area (TPSA) is 105 Å². The van der Waals surface area contributed by atoms with E-state index in [1.165, 1.54) is 0 Å². The Kier molecular flexibility index (Phi) is 7.09. The maximum atomic E-state index is 12.3. The van der Waals surface area contributed by atoms with E-state index in [1.807, 2.05) is 0 Å². The summed E-state index contributed by atoms with van der Waals surface area (Å²) in [5.74, 6) is 0.0245. The molecule has 1 amide bonds. The number of benzene rings is 2. The van der Waals surface area contributed by atoms with Crippen molar-refractivity contribution in [2.24, 2.45) is 0 Å². The Morgan fingerprint density at radius 2 is 1.83 bits per heavy atom. The maximum Gasteiger partial charge on any atom is 0.246 e. The molecule has 0 radical (unpaired) electrons. The van der Waals surface area contributed by atoms with Gasteiger partial charge in [0.05, 0.1) is 19.3 Å². The molecule has 8 nitrogen and oxygen atoms in total. The minimum atomic E-state index is -3.64. The zero-order valence-corrected chi connectivity index (χ0v) is 18.2. The van der Waals surface area contributed by atoms with Gasteiger partial charge in [-0.25, -0.2) is 8.42 Å². The number of halogens is 2. The number of amides is 1. The van der Waals surface area contributed by atoms with Crippen LogP contribution in [0.4, 0.5) is 0 Å². The largest absolute Gasteiger partial charge is 0.346 e. The van der Waals surface area contributed by atoms with Gasteiger partial charge in [-0.15, -0.1) is 0 Å². The number of nitrogens with zero attached hydrogens (tertiary/aromatic N) is 3. The number of carbonyl (C=O) groups is 1. The van der Waals surface area contributed by atoms with Gasteiger partial charge in [0, 0.05) is 22.2 Å². The van der Waals surface area contributed by atoms with Crippen LogP contribution in [0.25, 0.3) is 11.4 Å². The number of hydrogen-bond donors (Lipinski definition) is 1. The molecule has 0 unspecified atom stereocenters. The van der Waals surface area contributed by atoms with E-state index in [-0.39, 0.29) is 25.5 Å². The summed E-state index contributed by atoms with van der Waals surface area (Å²) in [7, 11) is -3.64. The fraction of sp³-hybridized carbons (Fsp3) is 0.211. The van der Waals surface area contributed by atoms with Gasteiger partial charge < -0.3 is 9.84 Å². The molecule has 0 fully saturated rings. The molecule has 1 N–H and O–H groups in total. The molecule has 0 aliphatic rings. The van der Waals surface area contributed by atoms with Crippen LogP contribution < -0.4 is 5.32 Å². The van der Waals surface area contributed by atoms with Crippen LogP contribution in [0.2, 0.25) is 10.0 Å². The fourth-order valence-electron chi connectivity index (χ4n) is 2.54. The highest BCUT2D eigenvalue weighted by molar-refractivity contribution is 7.88. The molecular formula is C19H18Cl2N4O4S. The highest BCUT2D eigenvalue weighted by atomic mass is 35.5. The van der Waals surface area contributed by atoms with Crippen LogP contribution in [0, 0.1) is 0 Å². The first-order valence-corrected chi connectivity index (χ1v) is 11.4. The predicted octanol–water partition coefficient (Wildman–Crippen LogP) is 3.12. The van der Waals surface area contributed by atoms with E-state index >= 15 is 0 Å². The van der Waals surface area contributed by atoms with E-state index in [0.29, 0.717) is 27.0 Å². The monoisotopic (exact) mass is 468 g/mol. The van der Waals surface area contributed by atoms with Crippen molar-refractivity contribution in [2.75, 3.05) is 12.8 Å². The molecule has 3 rings (SSSR count). The van der Waals surface area contributed by atoms with Crippen molar-refractivity contribution in [2.45, 2.75) is 13.1 Å². The highest BCUT2D eigenvalue weighted by Crippen LogP contribution is 2.19. The first-order chi connectivity index (χ1) is 14.2. The Balaban J connectivity index is 1.61. The van der Waals surface area contributed by atoms with Crippen molar-refractivity contribution in [3.8, 4) is 11.4 Å². The summed E-state index contributed by atoms with van der Waals surface area (Å²) < 4.78 is 30.4. The van der Waals surface area contributed by atoms with Gasteiger partial charge >= 0.3 is 0 Å². The van der Waals surface area contributed by atoms with E-state index in [9.17, 15) is 13.2 Å². The summed E-state index contributed by atoms with van der Waals surface area (Å²) in [6, 6.07) is 13.7. The molecule has 1 aromatic heterocycles. The Morgan fingerprint density at radius 1 is 1.13 bits per heavy atom. The van der Waals surface area contributed by atoms with Crippen molar-refractivity contribution in [1.29, 1.82) is 0 Å². The second-order valence-corrected chi connectivity index (χ2v) is 9.24. The van der Waals surface area contributed by atoms with Crippen molar-refractivity contribution in [3.63, 3.8) is 0 Å². The molecule has 0 bridgehead atoms. The van der Waals surface area contributed by atoms with E-state index in [4.69, 9.17) is 27.7 Å². The molecule has 3 aromatic rings. The van der Waals surface area contributed by atoms with Gasteiger partial charge in [0.25, 0.3) is 0 Å². The number of sulfonamides is 1. The Hall–Kier alpha value is -2.46. The fourth-order valence-corrected chi connectivity index (χ4v) is 3.59. The zero-order chi connectivity index (χ0) is 21.7. The second kappa shape index (κ2) is 9.57. The summed E-state index contributed by atoms with van der Waals surface area (Å²) in [5, 5.41) is 7.45. The van der Waals surface area contributed by atoms with Gasteiger partial charge in [-0.3, -0.25) is 4.79 Å². The number of rotatable bonds is 8. The standard InChI is InChI=1S/C19H18Cl2N4O4S/c1-30(27,28)25(11-14-4-2-3-5-16(14)21)12-17(26)22-10-18-23-19(24-29-18)13-6-8-15(20)9-7-13/h2-9H,10-12H2,1H3,(H,22,26). The van der Waals surface area contributed by atoms with Crippen LogP contribution in [0.1, 0.15) is 11.5 Å². The zero-order valence-electron chi connectivity index (χ0n) is 15.9. The SMILES string of the molecule is CS(=O)(=O)N(CC(=O)NCc1nc(-c2ccc(Cl)cc2)no1)Cc1ccccc1Cl. The summed E-state index contributed by atoms with van der Waals surface area (Å²) >= 11 is 12.0. The lowest BCUT2D eigenvalue weighted by Gasteiger charge is -2.20. The number of nitrogens with one attached hydrogen (secondary N) is 1. The van der Waals surface area contributed by atoms with Gasteiger partial charge in [-0.05, 0) is 35.9 Å². The van der Waals surface area contributed by atoms with E-state index in [2.05, 4.69) is 15.5 Å². The summed E-state index contributed by atoms with van der Waals surface area (Å²) in [6.45, 7) is -0.432. The first-order valence-electron chi connectivity index (χ1n) is 8.76. The maximum absolute atomic E-state index is 12.3. The molecule has 11 heteroatoms. The average Bonchev–Trinajstić information content (AvgIpc) is 3.16. The molecule has 30 heavy (non-hydrogen) atoms. The third kappa shape index (κ3) is 6.02. The minimum absolute atomic E-state index is 0.0206. The number of carbonyl (C=O) groups excluding carboxylic acids is 1. The molecular weight excluding hydrogens is 451 g/mol. The van der Waals surface area contributed by atoms with E-state index in [1.54, 1.807) is 48.5 Å². The van der Waals surface area contributed by atoms with Crippen LogP contribution in [0.5, 0.6) is 0 Å². The molecule has 0 saturated carbocycles. The van der Waals surface area contributed by atoms with Crippen LogP contribution in [0.3, 0.4) is 0 Å². The van der Waals surface area contributed by atoms with Crippen LogP contribution in [0.15, 0.2) is 53.1 Å². The van der Waals surface area contributed by atoms with E-state index in [0.717, 1.165) is 10.6 Å². The van der Waals surface area contributed by atoms with Gasteiger partial charge in [0.15, 0.2) is 0 Å². The third-order valence-electron chi connectivity index (χ3n) is 4.10. The lowest BCUT2D eigenvalue weighted by atomic mass is 10.2. The van der Waals surface area contributed by atoms with Crippen LogP contribution in [-0.2, 0) is 27.9 Å². The van der Waals surface area contributed by atoms with Crippen molar-refractivity contribution < 1.29 is 17.7 Å². The van der Waals surface area contributed by atoms with Gasteiger partial charge in [0.2, 0.25) is 27.6 Å². The number of aromatic nitrogens is 2. The Morgan fingerprint density at radius 3 is 2.50 bits per heavy atom. The lowest BCUT2D eigenvalue weighted by molar-refractivity contribution is -0.121. The molecule has 158 valence electrons. The Labute approximate surface area is 183 Å². The highest BCUT2D eigenvalue weighted by Gasteiger charge is 2.22. The van der Waals surface area contributed by atoms with Crippen molar-refractivity contribution >= 4 is 39.1 Å². The normalized spacial score (nSPS) is 11.6. The van der Waals surface area contributed by atoms with Crippen molar-refractivity contribution in [3.05, 3.63) is 70.0 Å². The average molecular weight is 469 g/mol. The van der Waals surface area contributed by atoms with Crippen LogP contribution >= 0.6 is 23.2 Å². The summed E-state index contributed by atoms with van der Waals surface area (Å²) in [5.41, 5.74) is 1.31. The lowest BCUT2D eigenvalue weighted by Crippen LogP contribution is -2.39. The quantitative estimate of drug-likeness (QED) is 0.544. The molecule has 0 saturated heterocycles. The van der Waals surface area contributed by atoms with Gasteiger partial charge in [-0.1, -0.05) is 46.6 Å².